The van der Waals surface area contributed by atoms with Crippen LogP contribution < -0.4 is 0 Å². The van der Waals surface area contributed by atoms with Crippen molar-refractivity contribution in [2.45, 2.75) is 13.8 Å². The van der Waals surface area contributed by atoms with E-state index in [0.717, 1.165) is 0 Å². The summed E-state index contributed by atoms with van der Waals surface area (Å²) in [7, 11) is 0. The van der Waals surface area contributed by atoms with E-state index in [1.54, 1.807) is 4.90 Å². The number of rotatable bonds is 4. The summed E-state index contributed by atoms with van der Waals surface area (Å²) in [6.45, 7) is 5.75. The van der Waals surface area contributed by atoms with Gasteiger partial charge in [-0.15, -0.1) is 0 Å². The molecule has 0 atom stereocenters. The molecule has 0 aromatic heterocycles. The highest BCUT2D eigenvalue weighted by atomic mass is 16.4. The van der Waals surface area contributed by atoms with Gasteiger partial charge in [0.2, 0.25) is 0 Å². The zero-order chi connectivity index (χ0) is 10.7. The van der Waals surface area contributed by atoms with Gasteiger partial charge in [-0.1, -0.05) is 13.8 Å². The molecule has 5 heteroatoms. The second kappa shape index (κ2) is 4.30. The molecule has 1 rings (SSSR count). The predicted molar refractivity (Wildman–Crippen MR) is 51.0 cm³/mol. The Morgan fingerprint density at radius 2 is 2.00 bits per heavy atom. The van der Waals surface area contributed by atoms with Gasteiger partial charge in [0.1, 0.15) is 6.54 Å². The van der Waals surface area contributed by atoms with Crippen LogP contribution in [0.3, 0.4) is 0 Å². The van der Waals surface area contributed by atoms with Crippen LogP contribution in [0.4, 0.5) is 4.79 Å². The lowest BCUT2D eigenvalue weighted by Gasteiger charge is -2.18. The smallest absolute Gasteiger partial charge is 0.323 e. The van der Waals surface area contributed by atoms with Gasteiger partial charge in [0.25, 0.3) is 0 Å². The molecule has 1 aliphatic heterocycles. The molecule has 1 heterocycles. The quantitative estimate of drug-likeness (QED) is 0.717. The van der Waals surface area contributed by atoms with Crippen molar-refractivity contribution in [3.8, 4) is 0 Å². The number of nitrogens with zero attached hydrogens (tertiary/aromatic N) is 2. The highest BCUT2D eigenvalue weighted by Gasteiger charge is 2.29. The summed E-state index contributed by atoms with van der Waals surface area (Å²) in [5.74, 6) is -0.534. The van der Waals surface area contributed by atoms with E-state index in [0.29, 0.717) is 25.6 Å². The maximum absolute atomic E-state index is 11.6. The number of carbonyl (C=O) groups is 2. The van der Waals surface area contributed by atoms with E-state index < -0.39 is 5.97 Å². The lowest BCUT2D eigenvalue weighted by Crippen LogP contribution is -2.36. The van der Waals surface area contributed by atoms with Crippen molar-refractivity contribution in [3.05, 3.63) is 0 Å². The molecule has 0 saturated carbocycles. The normalized spacial score (nSPS) is 16.9. The van der Waals surface area contributed by atoms with Crippen LogP contribution in [0.15, 0.2) is 0 Å². The minimum Gasteiger partial charge on any atom is -0.480 e. The van der Waals surface area contributed by atoms with Crippen LogP contribution in [-0.2, 0) is 4.79 Å². The second-order valence-corrected chi connectivity index (χ2v) is 3.94. The number of amides is 2. The van der Waals surface area contributed by atoms with Crippen LogP contribution in [0.25, 0.3) is 0 Å². The Hall–Kier alpha value is -1.26. The van der Waals surface area contributed by atoms with E-state index in [1.807, 2.05) is 13.8 Å². The van der Waals surface area contributed by atoms with Gasteiger partial charge >= 0.3 is 12.0 Å². The van der Waals surface area contributed by atoms with Gasteiger partial charge in [0, 0.05) is 19.6 Å². The van der Waals surface area contributed by atoms with Crippen molar-refractivity contribution < 1.29 is 14.7 Å². The SMILES string of the molecule is CC(C)CN1CCN(CC(=O)O)C1=O. The van der Waals surface area contributed by atoms with Crippen LogP contribution >= 0.6 is 0 Å². The molecule has 1 fully saturated rings. The molecule has 0 aromatic rings. The van der Waals surface area contributed by atoms with Gasteiger partial charge in [-0.25, -0.2) is 4.79 Å². The summed E-state index contributed by atoms with van der Waals surface area (Å²) in [5, 5.41) is 8.55. The minimum atomic E-state index is -0.954. The van der Waals surface area contributed by atoms with Crippen LogP contribution in [-0.4, -0.2) is 53.1 Å². The molecule has 0 bridgehead atoms. The Morgan fingerprint density at radius 1 is 1.43 bits per heavy atom. The molecule has 0 unspecified atom stereocenters. The minimum absolute atomic E-state index is 0.152. The van der Waals surface area contributed by atoms with Crippen molar-refractivity contribution in [1.29, 1.82) is 0 Å². The third-order valence-electron chi connectivity index (χ3n) is 2.09. The molecule has 0 radical (unpaired) electrons. The fourth-order valence-corrected chi connectivity index (χ4v) is 1.55. The van der Waals surface area contributed by atoms with Gasteiger partial charge in [0.15, 0.2) is 0 Å². The zero-order valence-electron chi connectivity index (χ0n) is 8.56. The van der Waals surface area contributed by atoms with Crippen molar-refractivity contribution in [1.82, 2.24) is 9.80 Å². The predicted octanol–water partition coefficient (Wildman–Crippen LogP) is 0.465. The highest BCUT2D eigenvalue weighted by Crippen LogP contribution is 2.10. The first-order chi connectivity index (χ1) is 6.50. The molecule has 1 N–H and O–H groups in total. The topological polar surface area (TPSA) is 60.9 Å². The molecule has 1 saturated heterocycles. The van der Waals surface area contributed by atoms with Crippen molar-refractivity contribution >= 4 is 12.0 Å². The third-order valence-corrected chi connectivity index (χ3v) is 2.09. The lowest BCUT2D eigenvalue weighted by atomic mass is 10.2. The number of carbonyl (C=O) groups excluding carboxylic acids is 1. The Labute approximate surface area is 83.3 Å². The molecule has 0 spiro atoms. The van der Waals surface area contributed by atoms with Crippen molar-refractivity contribution in [3.63, 3.8) is 0 Å². The van der Waals surface area contributed by atoms with E-state index in [1.165, 1.54) is 4.90 Å². The number of hydrogen-bond donors (Lipinski definition) is 1. The second-order valence-electron chi connectivity index (χ2n) is 3.94. The summed E-state index contributed by atoms with van der Waals surface area (Å²) in [5.41, 5.74) is 0. The van der Waals surface area contributed by atoms with Crippen LogP contribution in [0.5, 0.6) is 0 Å². The van der Waals surface area contributed by atoms with Gasteiger partial charge < -0.3 is 14.9 Å². The van der Waals surface area contributed by atoms with Crippen LogP contribution in [0, 0.1) is 5.92 Å². The Kier molecular flexibility index (Phi) is 3.33. The molecule has 5 nitrogen and oxygen atoms in total. The van der Waals surface area contributed by atoms with Gasteiger partial charge in [-0.3, -0.25) is 4.79 Å². The summed E-state index contributed by atoms with van der Waals surface area (Å²) >= 11 is 0. The first-order valence-corrected chi connectivity index (χ1v) is 4.76. The first-order valence-electron chi connectivity index (χ1n) is 4.76. The molecular weight excluding hydrogens is 184 g/mol. The maximum atomic E-state index is 11.6. The third kappa shape index (κ3) is 2.61. The standard InChI is InChI=1S/C9H16N2O3/c1-7(2)5-10-3-4-11(9(10)14)6-8(12)13/h7H,3-6H2,1-2H3,(H,12,13). The van der Waals surface area contributed by atoms with Gasteiger partial charge in [0.05, 0.1) is 0 Å². The molecule has 0 aromatic carbocycles. The number of carboxylic acids is 1. The first kappa shape index (κ1) is 10.8. The molecular formula is C9H16N2O3. The molecule has 80 valence electrons. The summed E-state index contributed by atoms with van der Waals surface area (Å²) in [6.07, 6.45) is 0. The molecule has 2 amide bonds. The van der Waals surface area contributed by atoms with Crippen molar-refractivity contribution in [2.24, 2.45) is 5.92 Å². The molecule has 14 heavy (non-hydrogen) atoms. The lowest BCUT2D eigenvalue weighted by molar-refractivity contribution is -0.137. The number of carboxylic acid groups (broad SMARTS) is 1. The number of aliphatic carboxylic acids is 1. The Balaban J connectivity index is 2.47. The molecule has 0 aliphatic carbocycles. The average molecular weight is 200 g/mol. The van der Waals surface area contributed by atoms with E-state index >= 15 is 0 Å². The Morgan fingerprint density at radius 3 is 2.50 bits per heavy atom. The highest BCUT2D eigenvalue weighted by molar-refractivity contribution is 5.81. The van der Waals surface area contributed by atoms with Gasteiger partial charge in [-0.05, 0) is 5.92 Å². The van der Waals surface area contributed by atoms with Gasteiger partial charge in [-0.2, -0.15) is 0 Å². The maximum Gasteiger partial charge on any atom is 0.323 e. The zero-order valence-corrected chi connectivity index (χ0v) is 8.56. The monoisotopic (exact) mass is 200 g/mol. The van der Waals surface area contributed by atoms with E-state index in [9.17, 15) is 9.59 Å². The summed E-state index contributed by atoms with van der Waals surface area (Å²) in [4.78, 5) is 25.1. The largest absolute Gasteiger partial charge is 0.480 e. The van der Waals surface area contributed by atoms with E-state index in [2.05, 4.69) is 0 Å². The average Bonchev–Trinajstić information content (AvgIpc) is 2.34. The molecule has 1 aliphatic rings. The summed E-state index contributed by atoms with van der Waals surface area (Å²) in [6, 6.07) is -0.152. The number of hydrogen-bond acceptors (Lipinski definition) is 2. The van der Waals surface area contributed by atoms with Crippen LogP contribution in [0.2, 0.25) is 0 Å². The van der Waals surface area contributed by atoms with Crippen LogP contribution in [0.1, 0.15) is 13.8 Å². The fraction of sp³-hybridized carbons (Fsp3) is 0.778. The van der Waals surface area contributed by atoms with Crippen molar-refractivity contribution in [2.75, 3.05) is 26.2 Å². The summed E-state index contributed by atoms with van der Waals surface area (Å²) < 4.78 is 0. The Bertz CT molecular complexity index is 240. The fourth-order valence-electron chi connectivity index (χ4n) is 1.55. The van der Waals surface area contributed by atoms with E-state index in [4.69, 9.17) is 5.11 Å². The number of urea groups is 1. The van der Waals surface area contributed by atoms with E-state index in [-0.39, 0.29) is 12.6 Å².